The lowest BCUT2D eigenvalue weighted by Gasteiger charge is -2.24. The van der Waals surface area contributed by atoms with Crippen LogP contribution in [0.1, 0.15) is 76.5 Å². The fourth-order valence-electron chi connectivity index (χ4n) is 3.83. The summed E-state index contributed by atoms with van der Waals surface area (Å²) in [5.41, 5.74) is -1.04. The predicted octanol–water partition coefficient (Wildman–Crippen LogP) is 4.53. The summed E-state index contributed by atoms with van der Waals surface area (Å²) in [6.07, 6.45) is 1.93. The lowest BCUT2D eigenvalue weighted by atomic mass is 9.92. The molecule has 1 amide bonds. The summed E-state index contributed by atoms with van der Waals surface area (Å²) in [5.74, 6) is -1.56. The highest BCUT2D eigenvalue weighted by molar-refractivity contribution is 5.68. The predicted molar refractivity (Wildman–Crippen MR) is 108 cm³/mol. The molecule has 0 spiro atoms. The van der Waals surface area contributed by atoms with Crippen LogP contribution in [-0.2, 0) is 16.9 Å². The van der Waals surface area contributed by atoms with Crippen LogP contribution in [0.4, 0.5) is 13.6 Å². The van der Waals surface area contributed by atoms with E-state index in [0.717, 1.165) is 6.07 Å². The van der Waals surface area contributed by atoms with Gasteiger partial charge in [-0.05, 0) is 59.1 Å². The fraction of sp³-hybridized carbons (Fsp3) is 0.545. The zero-order valence-corrected chi connectivity index (χ0v) is 18.0. The molecule has 0 bridgehead atoms. The number of alkyl carbamates (subject to hydrolysis) is 1. The molecule has 0 saturated heterocycles. The van der Waals surface area contributed by atoms with Gasteiger partial charge in [0, 0.05) is 12.5 Å². The number of carbonyl (C=O) groups is 1. The van der Waals surface area contributed by atoms with Crippen molar-refractivity contribution in [1.82, 2.24) is 14.9 Å². The van der Waals surface area contributed by atoms with E-state index in [4.69, 9.17) is 4.74 Å². The molecule has 1 aliphatic heterocycles. The van der Waals surface area contributed by atoms with Gasteiger partial charge in [0.25, 0.3) is 0 Å². The molecule has 2 N–H and O–H groups in total. The van der Waals surface area contributed by atoms with Crippen molar-refractivity contribution < 1.29 is 23.4 Å². The van der Waals surface area contributed by atoms with E-state index < -0.39 is 35.0 Å². The second kappa shape index (κ2) is 7.98. The number of aromatic nitrogens is 2. The average molecular weight is 421 g/mol. The van der Waals surface area contributed by atoms with Crippen LogP contribution in [-0.4, -0.2) is 26.4 Å². The molecular formula is C22H29F2N3O3. The molecule has 6 nitrogen and oxygen atoms in total. The van der Waals surface area contributed by atoms with Crippen LogP contribution in [0.15, 0.2) is 24.4 Å². The van der Waals surface area contributed by atoms with E-state index in [9.17, 15) is 18.7 Å². The number of nitrogens with zero attached hydrogens (tertiary/aromatic N) is 2. The molecule has 164 valence electrons. The monoisotopic (exact) mass is 421 g/mol. The molecular weight excluding hydrogens is 392 g/mol. The lowest BCUT2D eigenvalue weighted by Crippen LogP contribution is -2.35. The molecule has 30 heavy (non-hydrogen) atoms. The number of nitrogens with one attached hydrogen (secondary N) is 1. The standard InChI is InChI=1S/C22H29F2N3O3/c1-21(2,3)30-20(28)26-16-10-9-13(14-7-6-8-15(23)18(14)24)12-27-17(22(4,5)29)11-25-19(16)27/h6-8,11,13,16,29H,9-10,12H2,1-5H3,(H,26,28)/t13-,16-/m1/s1. The quantitative estimate of drug-likeness (QED) is 0.763. The van der Waals surface area contributed by atoms with Crippen LogP contribution in [0.2, 0.25) is 0 Å². The third kappa shape index (κ3) is 4.80. The molecule has 2 aromatic rings. The van der Waals surface area contributed by atoms with Crippen LogP contribution in [0.5, 0.6) is 0 Å². The molecule has 8 heteroatoms. The van der Waals surface area contributed by atoms with E-state index in [1.54, 1.807) is 51.4 Å². The number of ether oxygens (including phenoxy) is 1. The molecule has 1 aliphatic rings. The Hall–Kier alpha value is -2.48. The lowest BCUT2D eigenvalue weighted by molar-refractivity contribution is 0.0498. The highest BCUT2D eigenvalue weighted by atomic mass is 19.2. The smallest absolute Gasteiger partial charge is 0.408 e. The van der Waals surface area contributed by atoms with Gasteiger partial charge >= 0.3 is 6.09 Å². The van der Waals surface area contributed by atoms with E-state index in [1.165, 1.54) is 6.07 Å². The van der Waals surface area contributed by atoms with Gasteiger partial charge in [-0.25, -0.2) is 18.6 Å². The summed E-state index contributed by atoms with van der Waals surface area (Å²) in [7, 11) is 0. The summed E-state index contributed by atoms with van der Waals surface area (Å²) in [6.45, 7) is 8.90. The van der Waals surface area contributed by atoms with Crippen LogP contribution in [0.25, 0.3) is 0 Å². The fourth-order valence-corrected chi connectivity index (χ4v) is 3.83. The van der Waals surface area contributed by atoms with Gasteiger partial charge in [0.15, 0.2) is 11.6 Å². The maximum absolute atomic E-state index is 14.5. The number of rotatable bonds is 3. The van der Waals surface area contributed by atoms with Crippen LogP contribution >= 0.6 is 0 Å². The first-order chi connectivity index (χ1) is 13.9. The minimum atomic E-state index is -1.20. The largest absolute Gasteiger partial charge is 0.444 e. The van der Waals surface area contributed by atoms with Gasteiger partial charge < -0.3 is 19.7 Å². The van der Waals surface area contributed by atoms with Gasteiger partial charge in [-0.3, -0.25) is 0 Å². The molecule has 2 atom stereocenters. The van der Waals surface area contributed by atoms with E-state index in [2.05, 4.69) is 10.3 Å². The summed E-state index contributed by atoms with van der Waals surface area (Å²) < 4.78 is 35.5. The number of carbonyl (C=O) groups excluding carboxylic acids is 1. The van der Waals surface area contributed by atoms with Crippen molar-refractivity contribution in [3.05, 3.63) is 53.1 Å². The SMILES string of the molecule is CC(C)(C)OC(=O)N[C@@H]1CC[C@@H](c2cccc(F)c2F)Cn2c(C(C)(C)O)cnc21. The number of hydrogen-bond acceptors (Lipinski definition) is 4. The Morgan fingerprint density at radius 2 is 1.93 bits per heavy atom. The summed E-state index contributed by atoms with van der Waals surface area (Å²) >= 11 is 0. The third-order valence-electron chi connectivity index (χ3n) is 5.14. The van der Waals surface area contributed by atoms with Gasteiger partial charge in [0.05, 0.1) is 17.9 Å². The minimum Gasteiger partial charge on any atom is -0.444 e. The molecule has 0 aliphatic carbocycles. The number of amides is 1. The summed E-state index contributed by atoms with van der Waals surface area (Å²) in [5, 5.41) is 13.4. The van der Waals surface area contributed by atoms with Gasteiger partial charge in [0.1, 0.15) is 17.0 Å². The highest BCUT2D eigenvalue weighted by Gasteiger charge is 2.34. The average Bonchev–Trinajstić information content (AvgIpc) is 2.95. The second-order valence-corrected chi connectivity index (χ2v) is 9.29. The van der Waals surface area contributed by atoms with Crippen molar-refractivity contribution >= 4 is 6.09 Å². The van der Waals surface area contributed by atoms with Crippen molar-refractivity contribution in [3.8, 4) is 0 Å². The Kier molecular flexibility index (Phi) is 5.91. The second-order valence-electron chi connectivity index (χ2n) is 9.29. The number of fused-ring (bicyclic) bond motifs is 1. The number of hydrogen-bond donors (Lipinski definition) is 2. The Labute approximate surface area is 175 Å². The Morgan fingerprint density at radius 1 is 1.23 bits per heavy atom. The molecule has 0 fully saturated rings. The van der Waals surface area contributed by atoms with Gasteiger partial charge in [0.2, 0.25) is 0 Å². The Balaban J connectivity index is 1.98. The van der Waals surface area contributed by atoms with E-state index >= 15 is 0 Å². The van der Waals surface area contributed by atoms with Gasteiger partial charge in [-0.1, -0.05) is 12.1 Å². The molecule has 1 aromatic carbocycles. The molecule has 2 heterocycles. The zero-order chi connectivity index (χ0) is 22.3. The first-order valence-electron chi connectivity index (χ1n) is 10.1. The normalized spacial score (nSPS) is 19.7. The Bertz CT molecular complexity index is 929. The van der Waals surface area contributed by atoms with E-state index in [-0.39, 0.29) is 11.5 Å². The number of benzene rings is 1. The van der Waals surface area contributed by atoms with Crippen molar-refractivity contribution in [2.45, 2.75) is 77.2 Å². The topological polar surface area (TPSA) is 76.4 Å². The molecule has 0 saturated carbocycles. The van der Waals surface area contributed by atoms with Gasteiger partial charge in [-0.15, -0.1) is 0 Å². The Morgan fingerprint density at radius 3 is 2.57 bits per heavy atom. The van der Waals surface area contributed by atoms with Crippen LogP contribution < -0.4 is 5.32 Å². The zero-order valence-electron chi connectivity index (χ0n) is 18.0. The summed E-state index contributed by atoms with van der Waals surface area (Å²) in [6, 6.07) is 3.66. The molecule has 0 radical (unpaired) electrons. The van der Waals surface area contributed by atoms with Crippen molar-refractivity contribution in [2.24, 2.45) is 0 Å². The van der Waals surface area contributed by atoms with Crippen molar-refractivity contribution in [3.63, 3.8) is 0 Å². The maximum atomic E-state index is 14.5. The summed E-state index contributed by atoms with van der Waals surface area (Å²) in [4.78, 5) is 16.8. The molecule has 1 aromatic heterocycles. The number of aliphatic hydroxyl groups is 1. The van der Waals surface area contributed by atoms with Crippen molar-refractivity contribution in [2.75, 3.05) is 0 Å². The van der Waals surface area contributed by atoms with Crippen LogP contribution in [0, 0.1) is 11.6 Å². The highest BCUT2D eigenvalue weighted by Crippen LogP contribution is 2.36. The van der Waals surface area contributed by atoms with Gasteiger partial charge in [-0.2, -0.15) is 0 Å². The van der Waals surface area contributed by atoms with Crippen LogP contribution in [0.3, 0.4) is 0 Å². The van der Waals surface area contributed by atoms with E-state index in [1.807, 2.05) is 0 Å². The molecule has 3 rings (SSSR count). The first-order valence-corrected chi connectivity index (χ1v) is 10.1. The maximum Gasteiger partial charge on any atom is 0.408 e. The third-order valence-corrected chi connectivity index (χ3v) is 5.14. The first kappa shape index (κ1) is 22.2. The van der Waals surface area contributed by atoms with Crippen molar-refractivity contribution in [1.29, 1.82) is 0 Å². The molecule has 0 unspecified atom stereocenters. The minimum absolute atomic E-state index is 0.272. The number of imidazole rings is 1. The number of halogens is 2. The van der Waals surface area contributed by atoms with E-state index in [0.29, 0.717) is 30.9 Å².